The van der Waals surface area contributed by atoms with E-state index in [1.54, 1.807) is 36.4 Å². The summed E-state index contributed by atoms with van der Waals surface area (Å²) in [4.78, 5) is 33.9. The number of nitrogens with zero attached hydrogens (tertiary/aromatic N) is 2. The maximum atomic E-state index is 12.9. The zero-order chi connectivity index (χ0) is 24.1. The van der Waals surface area contributed by atoms with E-state index in [4.69, 9.17) is 5.73 Å². The summed E-state index contributed by atoms with van der Waals surface area (Å²) in [6.07, 6.45) is 3.02. The van der Waals surface area contributed by atoms with Gasteiger partial charge in [0.05, 0.1) is 18.1 Å². The van der Waals surface area contributed by atoms with Gasteiger partial charge in [0.25, 0.3) is 11.8 Å². The van der Waals surface area contributed by atoms with Gasteiger partial charge in [-0.2, -0.15) is 0 Å². The van der Waals surface area contributed by atoms with Crippen molar-refractivity contribution >= 4 is 40.5 Å². The Hall–Kier alpha value is -4.72. The number of carbonyl (C=O) groups is 2. The largest absolute Gasteiger partial charge is 0.399 e. The van der Waals surface area contributed by atoms with Gasteiger partial charge in [-0.25, -0.2) is 9.97 Å². The first-order valence-corrected chi connectivity index (χ1v) is 10.6. The van der Waals surface area contributed by atoms with Crippen molar-refractivity contribution in [1.29, 1.82) is 0 Å². The van der Waals surface area contributed by atoms with Crippen molar-refractivity contribution in [2.24, 2.45) is 0 Å². The number of hydrogen-bond acceptors (Lipinski definition) is 6. The third-order valence-electron chi connectivity index (χ3n) is 5.07. The second kappa shape index (κ2) is 9.83. The zero-order valence-corrected chi connectivity index (χ0v) is 18.8. The van der Waals surface area contributed by atoms with Crippen LogP contribution < -0.4 is 21.7 Å². The summed E-state index contributed by atoms with van der Waals surface area (Å²) in [5, 5.41) is 8.69. The first-order chi connectivity index (χ1) is 16.4. The van der Waals surface area contributed by atoms with Gasteiger partial charge in [-0.1, -0.05) is 29.8 Å². The first-order valence-electron chi connectivity index (χ1n) is 10.6. The lowest BCUT2D eigenvalue weighted by atomic mass is 10.1. The number of anilines is 5. The zero-order valence-electron chi connectivity index (χ0n) is 18.8. The predicted molar refractivity (Wildman–Crippen MR) is 134 cm³/mol. The molecule has 5 N–H and O–H groups in total. The molecular weight excluding hydrogens is 428 g/mol. The van der Waals surface area contributed by atoms with Crippen LogP contribution >= 0.6 is 0 Å². The SMILES string of the molecule is Cc1cccc(C(=O)Nc2ccc(C)c(C(=O)Nc3cnc(Nc4cccc(N)c4)nc3)c2)c1. The van der Waals surface area contributed by atoms with Crippen molar-refractivity contribution in [3.8, 4) is 0 Å². The van der Waals surface area contributed by atoms with Gasteiger partial charge in [0, 0.05) is 28.2 Å². The molecular formula is C26H24N6O2. The lowest BCUT2D eigenvalue weighted by Crippen LogP contribution is -2.16. The number of hydrogen-bond donors (Lipinski definition) is 4. The number of nitrogen functional groups attached to an aromatic ring is 1. The van der Waals surface area contributed by atoms with E-state index in [1.807, 2.05) is 44.2 Å². The number of nitrogens with two attached hydrogens (primary N) is 1. The van der Waals surface area contributed by atoms with Crippen LogP contribution in [0.4, 0.5) is 28.7 Å². The molecule has 0 aliphatic rings. The fraction of sp³-hybridized carbons (Fsp3) is 0.0769. The number of carbonyl (C=O) groups excluding carboxylic acids is 2. The van der Waals surface area contributed by atoms with Gasteiger partial charge in [-0.15, -0.1) is 0 Å². The quantitative estimate of drug-likeness (QED) is 0.308. The van der Waals surface area contributed by atoms with Crippen molar-refractivity contribution in [3.05, 3.63) is 101 Å². The molecule has 8 nitrogen and oxygen atoms in total. The van der Waals surface area contributed by atoms with Crippen molar-refractivity contribution < 1.29 is 9.59 Å². The molecule has 0 saturated heterocycles. The summed E-state index contributed by atoms with van der Waals surface area (Å²) in [5.74, 6) is -0.194. The molecule has 0 aliphatic carbocycles. The van der Waals surface area contributed by atoms with E-state index in [9.17, 15) is 9.59 Å². The highest BCUT2D eigenvalue weighted by atomic mass is 16.2. The molecule has 0 radical (unpaired) electrons. The molecule has 2 amide bonds. The minimum Gasteiger partial charge on any atom is -0.399 e. The topological polar surface area (TPSA) is 122 Å². The van der Waals surface area contributed by atoms with Crippen molar-refractivity contribution in [2.75, 3.05) is 21.7 Å². The second-order valence-electron chi connectivity index (χ2n) is 7.85. The van der Waals surface area contributed by atoms with Crippen LogP contribution in [0.3, 0.4) is 0 Å². The van der Waals surface area contributed by atoms with Gasteiger partial charge >= 0.3 is 0 Å². The lowest BCUT2D eigenvalue weighted by molar-refractivity contribution is 0.101. The van der Waals surface area contributed by atoms with Crippen LogP contribution in [-0.4, -0.2) is 21.8 Å². The van der Waals surface area contributed by atoms with Crippen LogP contribution in [-0.2, 0) is 0 Å². The molecule has 0 spiro atoms. The Morgan fingerprint density at radius 3 is 2.24 bits per heavy atom. The normalized spacial score (nSPS) is 10.4. The summed E-state index contributed by atoms with van der Waals surface area (Å²) in [6.45, 7) is 3.76. The van der Waals surface area contributed by atoms with E-state index in [0.29, 0.717) is 34.1 Å². The van der Waals surface area contributed by atoms with Crippen LogP contribution in [0, 0.1) is 13.8 Å². The Bertz CT molecular complexity index is 1350. The molecule has 1 aromatic heterocycles. The predicted octanol–water partition coefficient (Wildman–Crippen LogP) is 4.92. The van der Waals surface area contributed by atoms with E-state index < -0.39 is 0 Å². The van der Waals surface area contributed by atoms with E-state index >= 15 is 0 Å². The Morgan fingerprint density at radius 2 is 1.50 bits per heavy atom. The van der Waals surface area contributed by atoms with Crippen molar-refractivity contribution in [3.63, 3.8) is 0 Å². The summed E-state index contributed by atoms with van der Waals surface area (Å²) < 4.78 is 0. The molecule has 0 fully saturated rings. The minimum atomic E-state index is -0.329. The van der Waals surface area contributed by atoms with Crippen LogP contribution in [0.15, 0.2) is 79.1 Å². The smallest absolute Gasteiger partial charge is 0.256 e. The number of amides is 2. The van der Waals surface area contributed by atoms with E-state index in [0.717, 1.165) is 16.8 Å². The Morgan fingerprint density at radius 1 is 0.765 bits per heavy atom. The molecule has 0 bridgehead atoms. The maximum Gasteiger partial charge on any atom is 0.256 e. The molecule has 34 heavy (non-hydrogen) atoms. The van der Waals surface area contributed by atoms with Gasteiger partial charge in [0.1, 0.15) is 0 Å². The third-order valence-corrected chi connectivity index (χ3v) is 5.07. The molecule has 0 atom stereocenters. The number of benzene rings is 3. The molecule has 1 heterocycles. The number of aryl methyl sites for hydroxylation is 2. The summed E-state index contributed by atoms with van der Waals surface area (Å²) in [5.41, 5.74) is 10.9. The number of aromatic nitrogens is 2. The standard InChI is InChI=1S/C26H24N6O2/c1-16-5-3-6-18(11-16)24(33)30-21-10-9-17(2)23(13-21)25(34)31-22-14-28-26(29-15-22)32-20-8-4-7-19(27)12-20/h3-15H,27H2,1-2H3,(H,30,33)(H,31,34)(H,28,29,32). The molecule has 3 aromatic carbocycles. The maximum absolute atomic E-state index is 12.9. The molecule has 8 heteroatoms. The van der Waals surface area contributed by atoms with Crippen LogP contribution in [0.2, 0.25) is 0 Å². The number of rotatable bonds is 6. The second-order valence-corrected chi connectivity index (χ2v) is 7.85. The highest BCUT2D eigenvalue weighted by molar-refractivity contribution is 6.08. The lowest BCUT2D eigenvalue weighted by Gasteiger charge is -2.11. The van der Waals surface area contributed by atoms with Gasteiger partial charge in [-0.05, 0) is 61.9 Å². The van der Waals surface area contributed by atoms with Crippen molar-refractivity contribution in [1.82, 2.24) is 9.97 Å². The van der Waals surface area contributed by atoms with Crippen LogP contribution in [0.25, 0.3) is 0 Å². The molecule has 0 aliphatic heterocycles. The monoisotopic (exact) mass is 452 g/mol. The van der Waals surface area contributed by atoms with E-state index in [2.05, 4.69) is 25.9 Å². The Kier molecular flexibility index (Phi) is 6.49. The highest BCUT2D eigenvalue weighted by Gasteiger charge is 2.13. The summed E-state index contributed by atoms with van der Waals surface area (Å²) >= 11 is 0. The average Bonchev–Trinajstić information content (AvgIpc) is 2.81. The van der Waals surface area contributed by atoms with Crippen LogP contribution in [0.1, 0.15) is 31.8 Å². The summed E-state index contributed by atoms with van der Waals surface area (Å²) in [7, 11) is 0. The molecule has 4 rings (SSSR count). The summed E-state index contributed by atoms with van der Waals surface area (Å²) in [6, 6.07) is 19.7. The average molecular weight is 453 g/mol. The highest BCUT2D eigenvalue weighted by Crippen LogP contribution is 2.20. The van der Waals surface area contributed by atoms with Gasteiger partial charge in [0.15, 0.2) is 0 Å². The fourth-order valence-corrected chi connectivity index (χ4v) is 3.34. The van der Waals surface area contributed by atoms with Crippen molar-refractivity contribution in [2.45, 2.75) is 13.8 Å². The van der Waals surface area contributed by atoms with Gasteiger partial charge in [-0.3, -0.25) is 9.59 Å². The first kappa shape index (κ1) is 22.5. The number of nitrogens with one attached hydrogen (secondary N) is 3. The van der Waals surface area contributed by atoms with E-state index in [-0.39, 0.29) is 11.8 Å². The Balaban J connectivity index is 1.44. The fourth-order valence-electron chi connectivity index (χ4n) is 3.34. The third kappa shape index (κ3) is 5.55. The van der Waals surface area contributed by atoms with Gasteiger partial charge < -0.3 is 21.7 Å². The van der Waals surface area contributed by atoms with E-state index in [1.165, 1.54) is 12.4 Å². The molecule has 4 aromatic rings. The minimum absolute atomic E-state index is 0.240. The Labute approximate surface area is 197 Å². The molecule has 170 valence electrons. The molecule has 0 unspecified atom stereocenters. The van der Waals surface area contributed by atoms with Gasteiger partial charge in [0.2, 0.25) is 5.95 Å². The molecule has 0 saturated carbocycles. The van der Waals surface area contributed by atoms with Crippen LogP contribution in [0.5, 0.6) is 0 Å².